The molecule has 26 heavy (non-hydrogen) atoms. The summed E-state index contributed by atoms with van der Waals surface area (Å²) in [6.45, 7) is 7.86. The molecule has 2 aliphatic rings. The van der Waals surface area contributed by atoms with Crippen molar-refractivity contribution in [2.45, 2.75) is 62.8 Å². The van der Waals surface area contributed by atoms with Crippen LogP contribution in [-0.4, -0.2) is 64.6 Å². The SMILES string of the molecule is CN=C(NCC1(SC)CCOCC1)NC1CCc2nnc(C(C)C)n2C1. The van der Waals surface area contributed by atoms with Gasteiger partial charge in [0.1, 0.15) is 11.6 Å². The average Bonchev–Trinajstić information content (AvgIpc) is 3.09. The van der Waals surface area contributed by atoms with Crippen LogP contribution in [0.15, 0.2) is 4.99 Å². The summed E-state index contributed by atoms with van der Waals surface area (Å²) in [6, 6.07) is 0.349. The van der Waals surface area contributed by atoms with Gasteiger partial charge in [0, 0.05) is 56.5 Å². The van der Waals surface area contributed by atoms with Crippen molar-refractivity contribution in [3.8, 4) is 0 Å². The van der Waals surface area contributed by atoms with E-state index in [2.05, 4.69) is 50.5 Å². The summed E-state index contributed by atoms with van der Waals surface area (Å²) >= 11 is 1.94. The van der Waals surface area contributed by atoms with Crippen LogP contribution in [-0.2, 0) is 17.7 Å². The molecule has 0 aliphatic carbocycles. The molecule has 1 unspecified atom stereocenters. The molecule has 1 fully saturated rings. The number of guanidine groups is 1. The second-order valence-corrected chi connectivity index (χ2v) is 8.82. The highest BCUT2D eigenvalue weighted by Gasteiger charge is 2.32. The molecule has 1 atom stereocenters. The van der Waals surface area contributed by atoms with Gasteiger partial charge < -0.3 is 19.9 Å². The zero-order valence-corrected chi connectivity index (χ0v) is 17.2. The molecule has 1 aromatic heterocycles. The van der Waals surface area contributed by atoms with Gasteiger partial charge in [0.15, 0.2) is 5.96 Å². The molecular weight excluding hydrogens is 348 g/mol. The fraction of sp³-hybridized carbons (Fsp3) is 0.833. The van der Waals surface area contributed by atoms with E-state index in [1.807, 2.05) is 18.8 Å². The number of ether oxygens (including phenoxy) is 1. The van der Waals surface area contributed by atoms with Gasteiger partial charge >= 0.3 is 0 Å². The topological polar surface area (TPSA) is 76.4 Å². The van der Waals surface area contributed by atoms with Gasteiger partial charge in [-0.3, -0.25) is 4.99 Å². The molecule has 2 aliphatic heterocycles. The Balaban J connectivity index is 1.58. The number of aromatic nitrogens is 3. The van der Waals surface area contributed by atoms with Crippen molar-refractivity contribution in [3.05, 3.63) is 11.6 Å². The van der Waals surface area contributed by atoms with Gasteiger partial charge in [0.05, 0.1) is 0 Å². The minimum atomic E-state index is 0.245. The summed E-state index contributed by atoms with van der Waals surface area (Å²) in [5.74, 6) is 3.47. The minimum absolute atomic E-state index is 0.245. The van der Waals surface area contributed by atoms with E-state index in [-0.39, 0.29) is 4.75 Å². The summed E-state index contributed by atoms with van der Waals surface area (Å²) in [6.07, 6.45) is 6.39. The number of hydrogen-bond acceptors (Lipinski definition) is 5. The molecule has 0 aromatic carbocycles. The van der Waals surface area contributed by atoms with E-state index in [0.29, 0.717) is 12.0 Å². The zero-order valence-electron chi connectivity index (χ0n) is 16.4. The molecule has 7 nitrogen and oxygen atoms in total. The smallest absolute Gasteiger partial charge is 0.191 e. The molecular formula is C18H32N6OS. The Morgan fingerprint density at radius 2 is 2.15 bits per heavy atom. The lowest BCUT2D eigenvalue weighted by Crippen LogP contribution is -2.51. The number of aliphatic imine (C=N–C) groups is 1. The third-order valence-electron chi connectivity index (χ3n) is 5.47. The number of hydrogen-bond donors (Lipinski definition) is 2. The molecule has 3 rings (SSSR count). The van der Waals surface area contributed by atoms with Crippen molar-refractivity contribution in [2.75, 3.05) is 33.1 Å². The maximum Gasteiger partial charge on any atom is 0.191 e. The van der Waals surface area contributed by atoms with Gasteiger partial charge in [-0.1, -0.05) is 13.8 Å². The molecule has 0 amide bonds. The molecule has 1 aromatic rings. The lowest BCUT2D eigenvalue weighted by atomic mass is 9.99. The van der Waals surface area contributed by atoms with Crippen LogP contribution >= 0.6 is 11.8 Å². The molecule has 0 bridgehead atoms. The van der Waals surface area contributed by atoms with Crippen molar-refractivity contribution >= 4 is 17.7 Å². The molecule has 3 heterocycles. The van der Waals surface area contributed by atoms with Crippen LogP contribution in [0.3, 0.4) is 0 Å². The van der Waals surface area contributed by atoms with Crippen LogP contribution in [0, 0.1) is 0 Å². The van der Waals surface area contributed by atoms with E-state index in [4.69, 9.17) is 4.74 Å². The number of thioether (sulfide) groups is 1. The van der Waals surface area contributed by atoms with E-state index in [0.717, 1.165) is 69.6 Å². The molecule has 1 saturated heterocycles. The molecule has 0 saturated carbocycles. The predicted octanol–water partition coefficient (Wildman–Crippen LogP) is 1.79. The van der Waals surface area contributed by atoms with E-state index in [1.165, 1.54) is 0 Å². The highest BCUT2D eigenvalue weighted by molar-refractivity contribution is 8.00. The number of nitrogens with one attached hydrogen (secondary N) is 2. The Hall–Kier alpha value is -1.28. The van der Waals surface area contributed by atoms with Gasteiger partial charge in [0.2, 0.25) is 0 Å². The Kier molecular flexibility index (Phi) is 6.45. The third kappa shape index (κ3) is 4.34. The summed E-state index contributed by atoms with van der Waals surface area (Å²) in [5.41, 5.74) is 0. The van der Waals surface area contributed by atoms with Gasteiger partial charge in [-0.25, -0.2) is 0 Å². The zero-order chi connectivity index (χ0) is 18.6. The average molecular weight is 381 g/mol. The van der Waals surface area contributed by atoms with Crippen molar-refractivity contribution in [1.29, 1.82) is 0 Å². The van der Waals surface area contributed by atoms with Gasteiger partial charge in [-0.15, -0.1) is 10.2 Å². The van der Waals surface area contributed by atoms with Crippen molar-refractivity contribution < 1.29 is 4.74 Å². The quantitative estimate of drug-likeness (QED) is 0.599. The predicted molar refractivity (Wildman–Crippen MR) is 107 cm³/mol. The van der Waals surface area contributed by atoms with Crippen LogP contribution in [0.5, 0.6) is 0 Å². The standard InChI is InChI=1S/C18H32N6OS/c1-13(2)16-23-22-15-6-5-14(11-24(15)16)21-17(19-3)20-12-18(26-4)7-9-25-10-8-18/h13-14H,5-12H2,1-4H3,(H2,19,20,21). The molecule has 0 radical (unpaired) electrons. The molecule has 0 spiro atoms. The lowest BCUT2D eigenvalue weighted by Gasteiger charge is -2.36. The number of nitrogens with zero attached hydrogens (tertiary/aromatic N) is 4. The Morgan fingerprint density at radius 3 is 2.81 bits per heavy atom. The second kappa shape index (κ2) is 8.61. The van der Waals surface area contributed by atoms with Gasteiger partial charge in [-0.05, 0) is 25.5 Å². The molecule has 8 heteroatoms. The Labute approximate surface area is 160 Å². The van der Waals surface area contributed by atoms with Crippen molar-refractivity contribution in [3.63, 3.8) is 0 Å². The van der Waals surface area contributed by atoms with E-state index >= 15 is 0 Å². The maximum atomic E-state index is 5.54. The number of fused-ring (bicyclic) bond motifs is 1. The Morgan fingerprint density at radius 1 is 1.38 bits per heavy atom. The maximum absolute atomic E-state index is 5.54. The largest absolute Gasteiger partial charge is 0.381 e. The molecule has 2 N–H and O–H groups in total. The fourth-order valence-electron chi connectivity index (χ4n) is 3.72. The van der Waals surface area contributed by atoms with Gasteiger partial charge in [-0.2, -0.15) is 11.8 Å². The van der Waals surface area contributed by atoms with Crippen molar-refractivity contribution in [2.24, 2.45) is 4.99 Å². The fourth-order valence-corrected chi connectivity index (χ4v) is 4.51. The third-order valence-corrected chi connectivity index (χ3v) is 6.89. The number of aryl methyl sites for hydroxylation is 1. The second-order valence-electron chi connectivity index (χ2n) is 7.54. The van der Waals surface area contributed by atoms with Crippen LogP contribution < -0.4 is 10.6 Å². The first-order chi connectivity index (χ1) is 12.6. The summed E-state index contributed by atoms with van der Waals surface area (Å²) in [5, 5.41) is 15.9. The first kappa shape index (κ1) is 19.5. The highest BCUT2D eigenvalue weighted by Crippen LogP contribution is 2.33. The number of rotatable bonds is 5. The summed E-state index contributed by atoms with van der Waals surface area (Å²) in [4.78, 5) is 4.45. The van der Waals surface area contributed by atoms with Gasteiger partial charge in [0.25, 0.3) is 0 Å². The van der Waals surface area contributed by atoms with E-state index < -0.39 is 0 Å². The Bertz CT molecular complexity index is 623. The van der Waals surface area contributed by atoms with Crippen molar-refractivity contribution in [1.82, 2.24) is 25.4 Å². The van der Waals surface area contributed by atoms with E-state index in [9.17, 15) is 0 Å². The van der Waals surface area contributed by atoms with Crippen LogP contribution in [0.4, 0.5) is 0 Å². The first-order valence-corrected chi connectivity index (χ1v) is 10.8. The summed E-state index contributed by atoms with van der Waals surface area (Å²) in [7, 11) is 1.84. The lowest BCUT2D eigenvalue weighted by molar-refractivity contribution is 0.0782. The van der Waals surface area contributed by atoms with E-state index in [1.54, 1.807) is 0 Å². The monoisotopic (exact) mass is 380 g/mol. The highest BCUT2D eigenvalue weighted by atomic mass is 32.2. The van der Waals surface area contributed by atoms with Crippen LogP contribution in [0.2, 0.25) is 0 Å². The normalized spacial score (nSPS) is 23.0. The summed E-state index contributed by atoms with van der Waals surface area (Å²) < 4.78 is 8.06. The van der Waals surface area contributed by atoms with Crippen LogP contribution in [0.1, 0.15) is 50.7 Å². The molecule has 146 valence electrons. The first-order valence-electron chi connectivity index (χ1n) is 9.59. The van der Waals surface area contributed by atoms with Crippen LogP contribution in [0.25, 0.3) is 0 Å². The minimum Gasteiger partial charge on any atom is -0.381 e.